The fourth-order valence-electron chi connectivity index (χ4n) is 1.11. The fourth-order valence-corrected chi connectivity index (χ4v) is 3.25. The lowest BCUT2D eigenvalue weighted by atomic mass is 10.3. The second-order valence-electron chi connectivity index (χ2n) is 3.20. The van der Waals surface area contributed by atoms with Gasteiger partial charge in [-0.1, -0.05) is 0 Å². The van der Waals surface area contributed by atoms with Crippen molar-refractivity contribution >= 4 is 31.9 Å². The van der Waals surface area contributed by atoms with E-state index in [-0.39, 0.29) is 4.47 Å². The minimum Gasteiger partial charge on any atom is -0.358 e. The van der Waals surface area contributed by atoms with E-state index in [4.69, 9.17) is 0 Å². The molecule has 0 aliphatic rings. The number of hydrogen-bond donors (Lipinski definition) is 2. The molecule has 1 rings (SSSR count). The number of halogens is 3. The smallest absolute Gasteiger partial charge is 0.245 e. The highest BCUT2D eigenvalue weighted by Crippen LogP contribution is 2.25. The topological polar surface area (TPSA) is 75.3 Å². The van der Waals surface area contributed by atoms with Gasteiger partial charge in [-0.25, -0.2) is 21.9 Å². The third-order valence-electron chi connectivity index (χ3n) is 1.93. The van der Waals surface area contributed by atoms with E-state index in [0.717, 1.165) is 6.07 Å². The Morgan fingerprint density at radius 2 is 2.00 bits per heavy atom. The highest BCUT2D eigenvalue weighted by Gasteiger charge is 2.23. The van der Waals surface area contributed by atoms with Gasteiger partial charge in [0.05, 0.1) is 6.54 Å². The van der Waals surface area contributed by atoms with E-state index < -0.39 is 39.0 Å². The fraction of sp³-hybridized carbons (Fsp3) is 0.222. The summed E-state index contributed by atoms with van der Waals surface area (Å²) in [6.45, 7) is -0.540. The zero-order valence-corrected chi connectivity index (χ0v) is 11.5. The first-order valence-electron chi connectivity index (χ1n) is 4.62. The van der Waals surface area contributed by atoms with Gasteiger partial charge in [0, 0.05) is 17.6 Å². The Bertz CT molecular complexity index is 554. The number of benzene rings is 1. The monoisotopic (exact) mass is 342 g/mol. The molecule has 9 heteroatoms. The average molecular weight is 343 g/mol. The maximum absolute atomic E-state index is 13.4. The van der Waals surface area contributed by atoms with Gasteiger partial charge < -0.3 is 5.32 Å². The summed E-state index contributed by atoms with van der Waals surface area (Å²) in [7, 11) is -2.92. The van der Waals surface area contributed by atoms with Crippen LogP contribution in [-0.4, -0.2) is 27.9 Å². The molecular weight excluding hydrogens is 334 g/mol. The Balaban J connectivity index is 3.10. The molecular formula is C9H9BrF2N2O3S. The van der Waals surface area contributed by atoms with E-state index in [1.165, 1.54) is 7.05 Å². The highest BCUT2D eigenvalue weighted by molar-refractivity contribution is 9.10. The summed E-state index contributed by atoms with van der Waals surface area (Å²) in [5.74, 6) is -2.74. The molecule has 0 fully saturated rings. The largest absolute Gasteiger partial charge is 0.358 e. The van der Waals surface area contributed by atoms with Crippen LogP contribution in [0.4, 0.5) is 8.78 Å². The number of sulfonamides is 1. The van der Waals surface area contributed by atoms with E-state index in [1.54, 1.807) is 0 Å². The number of nitrogens with one attached hydrogen (secondary N) is 2. The van der Waals surface area contributed by atoms with Gasteiger partial charge in [-0.05, 0) is 22.0 Å². The van der Waals surface area contributed by atoms with Crippen LogP contribution in [0.1, 0.15) is 0 Å². The molecule has 1 aromatic carbocycles. The highest BCUT2D eigenvalue weighted by atomic mass is 79.9. The number of amides is 1. The molecule has 5 nitrogen and oxygen atoms in total. The second-order valence-corrected chi connectivity index (χ2v) is 5.75. The standard InChI is InChI=1S/C9H9BrF2N2O3S/c1-13-8(15)4-14-18(16,17)9-6(10)2-5(11)3-7(9)12/h2-3,14H,4H2,1H3,(H,13,15). The van der Waals surface area contributed by atoms with E-state index in [0.29, 0.717) is 6.07 Å². The second kappa shape index (κ2) is 5.72. The summed E-state index contributed by atoms with van der Waals surface area (Å²) in [6.07, 6.45) is 0. The van der Waals surface area contributed by atoms with Crippen molar-refractivity contribution in [3.63, 3.8) is 0 Å². The SMILES string of the molecule is CNC(=O)CNS(=O)(=O)c1c(F)cc(F)cc1Br. The molecule has 0 heterocycles. The van der Waals surface area contributed by atoms with Crippen molar-refractivity contribution < 1.29 is 22.0 Å². The van der Waals surface area contributed by atoms with Gasteiger partial charge in [0.1, 0.15) is 16.5 Å². The van der Waals surface area contributed by atoms with Gasteiger partial charge in [-0.3, -0.25) is 4.79 Å². The van der Waals surface area contributed by atoms with Crippen molar-refractivity contribution in [2.24, 2.45) is 0 Å². The van der Waals surface area contributed by atoms with Crippen LogP contribution in [0.15, 0.2) is 21.5 Å². The Hall–Kier alpha value is -1.06. The maximum Gasteiger partial charge on any atom is 0.245 e. The van der Waals surface area contributed by atoms with Crippen LogP contribution in [0, 0.1) is 11.6 Å². The molecule has 0 atom stereocenters. The zero-order chi connectivity index (χ0) is 13.9. The molecule has 0 aliphatic heterocycles. The summed E-state index contributed by atoms with van der Waals surface area (Å²) >= 11 is 2.76. The average Bonchev–Trinajstić information content (AvgIpc) is 2.24. The van der Waals surface area contributed by atoms with E-state index in [2.05, 4.69) is 21.2 Å². The van der Waals surface area contributed by atoms with Crippen LogP contribution < -0.4 is 10.0 Å². The van der Waals surface area contributed by atoms with Gasteiger partial charge in [0.15, 0.2) is 0 Å². The van der Waals surface area contributed by atoms with E-state index in [9.17, 15) is 22.0 Å². The molecule has 0 spiro atoms. The van der Waals surface area contributed by atoms with E-state index in [1.807, 2.05) is 4.72 Å². The number of hydrogen-bond acceptors (Lipinski definition) is 3. The number of likely N-dealkylation sites (N-methyl/N-ethyl adjacent to an activating group) is 1. The molecule has 0 aliphatic carbocycles. The molecule has 0 bridgehead atoms. The molecule has 2 N–H and O–H groups in total. The molecule has 0 unspecified atom stereocenters. The lowest BCUT2D eigenvalue weighted by Crippen LogP contribution is -2.35. The lowest BCUT2D eigenvalue weighted by Gasteiger charge is -2.09. The third-order valence-corrected chi connectivity index (χ3v) is 4.30. The van der Waals surface area contributed by atoms with Crippen LogP contribution in [0.5, 0.6) is 0 Å². The van der Waals surface area contributed by atoms with Crippen molar-refractivity contribution in [1.29, 1.82) is 0 Å². The molecule has 1 amide bonds. The molecule has 0 saturated carbocycles. The Kier molecular flexibility index (Phi) is 4.77. The van der Waals surface area contributed by atoms with Crippen LogP contribution in [0.2, 0.25) is 0 Å². The molecule has 0 aromatic heterocycles. The first-order valence-corrected chi connectivity index (χ1v) is 6.90. The quantitative estimate of drug-likeness (QED) is 0.847. The van der Waals surface area contributed by atoms with Crippen LogP contribution in [0.3, 0.4) is 0 Å². The Morgan fingerprint density at radius 1 is 1.39 bits per heavy atom. The van der Waals surface area contributed by atoms with Crippen molar-refractivity contribution in [3.8, 4) is 0 Å². The van der Waals surface area contributed by atoms with Crippen LogP contribution in [0.25, 0.3) is 0 Å². The summed E-state index contributed by atoms with van der Waals surface area (Å²) in [5, 5.41) is 2.20. The molecule has 18 heavy (non-hydrogen) atoms. The van der Waals surface area contributed by atoms with Gasteiger partial charge in [0.25, 0.3) is 0 Å². The summed E-state index contributed by atoms with van der Waals surface area (Å²) in [5.41, 5.74) is 0. The van der Waals surface area contributed by atoms with Crippen molar-refractivity contribution in [1.82, 2.24) is 10.0 Å². The van der Waals surface area contributed by atoms with Gasteiger partial charge in [0.2, 0.25) is 15.9 Å². The number of carbonyl (C=O) groups excluding carboxylic acids is 1. The Morgan fingerprint density at radius 3 is 2.50 bits per heavy atom. The number of carbonyl (C=O) groups is 1. The van der Waals surface area contributed by atoms with Crippen molar-refractivity contribution in [2.75, 3.05) is 13.6 Å². The Labute approximate surface area is 111 Å². The molecule has 1 aromatic rings. The van der Waals surface area contributed by atoms with Gasteiger partial charge in [-0.2, -0.15) is 0 Å². The van der Waals surface area contributed by atoms with Crippen LogP contribution >= 0.6 is 15.9 Å². The summed E-state index contributed by atoms with van der Waals surface area (Å²) < 4.78 is 51.3. The van der Waals surface area contributed by atoms with Gasteiger partial charge >= 0.3 is 0 Å². The summed E-state index contributed by atoms with van der Waals surface area (Å²) in [4.78, 5) is 10.2. The minimum absolute atomic E-state index is 0.260. The normalized spacial score (nSPS) is 11.3. The molecule has 0 radical (unpaired) electrons. The number of rotatable bonds is 4. The maximum atomic E-state index is 13.4. The van der Waals surface area contributed by atoms with Crippen molar-refractivity contribution in [3.05, 3.63) is 28.2 Å². The summed E-state index contributed by atoms with van der Waals surface area (Å²) in [6, 6.07) is 1.26. The van der Waals surface area contributed by atoms with Crippen molar-refractivity contribution in [2.45, 2.75) is 4.90 Å². The minimum atomic E-state index is -4.24. The van der Waals surface area contributed by atoms with E-state index >= 15 is 0 Å². The molecule has 100 valence electrons. The first kappa shape index (κ1) is 15.0. The first-order chi connectivity index (χ1) is 8.27. The van der Waals surface area contributed by atoms with Crippen LogP contribution in [-0.2, 0) is 14.8 Å². The van der Waals surface area contributed by atoms with Gasteiger partial charge in [-0.15, -0.1) is 0 Å². The predicted octanol–water partition coefficient (Wildman–Crippen LogP) is 0.752. The third kappa shape index (κ3) is 3.47. The lowest BCUT2D eigenvalue weighted by molar-refractivity contribution is -0.119. The predicted molar refractivity (Wildman–Crippen MR) is 63.3 cm³/mol. The zero-order valence-electron chi connectivity index (χ0n) is 9.13. The molecule has 0 saturated heterocycles.